The number of phenols is 1. The second-order valence-corrected chi connectivity index (χ2v) is 3.80. The number of aromatic hydroxyl groups is 1. The van der Waals surface area contributed by atoms with Crippen LogP contribution in [0.5, 0.6) is 11.5 Å². The predicted octanol–water partition coefficient (Wildman–Crippen LogP) is 1.51. The molecule has 1 aliphatic rings. The summed E-state index contributed by atoms with van der Waals surface area (Å²) < 4.78 is 5.41. The SMILES string of the molecule is CSc1ccc(O)c2c1OCC2N. The summed E-state index contributed by atoms with van der Waals surface area (Å²) >= 11 is 1.59. The van der Waals surface area contributed by atoms with Crippen molar-refractivity contribution in [3.8, 4) is 11.5 Å². The topological polar surface area (TPSA) is 55.5 Å². The van der Waals surface area contributed by atoms with Gasteiger partial charge in [0.05, 0.1) is 11.6 Å². The van der Waals surface area contributed by atoms with Crippen LogP contribution in [0.1, 0.15) is 11.6 Å². The Labute approximate surface area is 80.9 Å². The number of benzene rings is 1. The molecule has 2 rings (SSSR count). The van der Waals surface area contributed by atoms with Gasteiger partial charge in [0.15, 0.2) is 0 Å². The Bertz CT molecular complexity index is 341. The van der Waals surface area contributed by atoms with Crippen molar-refractivity contribution in [3.63, 3.8) is 0 Å². The summed E-state index contributed by atoms with van der Waals surface area (Å²) in [5.41, 5.74) is 6.52. The smallest absolute Gasteiger partial charge is 0.141 e. The zero-order valence-electron chi connectivity index (χ0n) is 7.28. The molecule has 0 fully saturated rings. The quantitative estimate of drug-likeness (QED) is 0.670. The van der Waals surface area contributed by atoms with E-state index in [2.05, 4.69) is 0 Å². The van der Waals surface area contributed by atoms with Gasteiger partial charge in [-0.15, -0.1) is 11.8 Å². The van der Waals surface area contributed by atoms with Crippen LogP contribution >= 0.6 is 11.8 Å². The van der Waals surface area contributed by atoms with E-state index < -0.39 is 0 Å². The molecule has 3 N–H and O–H groups in total. The third-order valence-corrected chi connectivity index (χ3v) is 2.90. The van der Waals surface area contributed by atoms with Crippen LogP contribution in [0.2, 0.25) is 0 Å². The van der Waals surface area contributed by atoms with Crippen LogP contribution < -0.4 is 10.5 Å². The van der Waals surface area contributed by atoms with Crippen molar-refractivity contribution >= 4 is 11.8 Å². The lowest BCUT2D eigenvalue weighted by Crippen LogP contribution is -2.10. The molecule has 3 nitrogen and oxygen atoms in total. The summed E-state index contributed by atoms with van der Waals surface area (Å²) in [5.74, 6) is 0.984. The molecule has 0 saturated heterocycles. The minimum absolute atomic E-state index is 0.193. The van der Waals surface area contributed by atoms with E-state index in [1.165, 1.54) is 0 Å². The molecule has 0 amide bonds. The second-order valence-electron chi connectivity index (χ2n) is 2.95. The fourth-order valence-corrected chi connectivity index (χ4v) is 2.05. The van der Waals surface area contributed by atoms with Crippen molar-refractivity contribution < 1.29 is 9.84 Å². The fourth-order valence-electron chi connectivity index (χ4n) is 1.49. The first kappa shape index (κ1) is 8.72. The molecule has 13 heavy (non-hydrogen) atoms. The Kier molecular flexibility index (Phi) is 2.09. The van der Waals surface area contributed by atoms with E-state index in [1.54, 1.807) is 17.8 Å². The summed E-state index contributed by atoms with van der Waals surface area (Å²) in [4.78, 5) is 1.03. The van der Waals surface area contributed by atoms with E-state index in [1.807, 2.05) is 12.3 Å². The summed E-state index contributed by atoms with van der Waals surface area (Å²) in [5, 5.41) is 9.55. The van der Waals surface area contributed by atoms with E-state index in [0.717, 1.165) is 16.2 Å². The van der Waals surface area contributed by atoms with Gasteiger partial charge in [0.25, 0.3) is 0 Å². The number of hydrogen-bond donors (Lipinski definition) is 2. The third kappa shape index (κ3) is 1.26. The van der Waals surface area contributed by atoms with Crippen molar-refractivity contribution in [2.24, 2.45) is 5.73 Å². The molecule has 1 atom stereocenters. The van der Waals surface area contributed by atoms with Crippen LogP contribution in [0.3, 0.4) is 0 Å². The van der Waals surface area contributed by atoms with Crippen molar-refractivity contribution in [1.82, 2.24) is 0 Å². The van der Waals surface area contributed by atoms with Gasteiger partial charge < -0.3 is 15.6 Å². The highest BCUT2D eigenvalue weighted by Gasteiger charge is 2.26. The Hall–Kier alpha value is -0.870. The number of rotatable bonds is 1. The second kappa shape index (κ2) is 3.12. The molecule has 1 aromatic rings. The molecular weight excluding hydrogens is 186 g/mol. The van der Waals surface area contributed by atoms with Crippen LogP contribution in [0.4, 0.5) is 0 Å². The molecule has 0 aromatic heterocycles. The average molecular weight is 197 g/mol. The first-order valence-corrected chi connectivity index (χ1v) is 5.24. The highest BCUT2D eigenvalue weighted by Crippen LogP contribution is 2.43. The van der Waals surface area contributed by atoms with Gasteiger partial charge in [0, 0.05) is 4.90 Å². The zero-order chi connectivity index (χ0) is 9.42. The van der Waals surface area contributed by atoms with Crippen LogP contribution in [-0.4, -0.2) is 18.0 Å². The summed E-state index contributed by atoms with van der Waals surface area (Å²) in [6, 6.07) is 3.32. The maximum absolute atomic E-state index is 9.55. The first-order chi connectivity index (χ1) is 6.24. The van der Waals surface area contributed by atoms with Gasteiger partial charge in [-0.3, -0.25) is 0 Å². The van der Waals surface area contributed by atoms with E-state index >= 15 is 0 Å². The number of thioether (sulfide) groups is 1. The normalized spacial score (nSPS) is 19.7. The van der Waals surface area contributed by atoms with E-state index in [0.29, 0.717) is 6.61 Å². The molecule has 1 aromatic carbocycles. The lowest BCUT2D eigenvalue weighted by atomic mass is 10.1. The fraction of sp³-hybridized carbons (Fsp3) is 0.333. The van der Waals surface area contributed by atoms with Gasteiger partial charge in [0.1, 0.15) is 18.1 Å². The van der Waals surface area contributed by atoms with Gasteiger partial charge >= 0.3 is 0 Å². The lowest BCUT2D eigenvalue weighted by Gasteiger charge is -2.06. The Morgan fingerprint density at radius 2 is 2.38 bits per heavy atom. The molecule has 1 unspecified atom stereocenters. The number of hydrogen-bond acceptors (Lipinski definition) is 4. The lowest BCUT2D eigenvalue weighted by molar-refractivity contribution is 0.327. The standard InChI is InChI=1S/C9H11NO2S/c1-13-7-3-2-6(11)8-5(10)4-12-9(7)8/h2-3,5,11H,4,10H2,1H3. The highest BCUT2D eigenvalue weighted by atomic mass is 32.2. The molecule has 0 aliphatic carbocycles. The molecule has 4 heteroatoms. The molecule has 0 spiro atoms. The molecule has 0 bridgehead atoms. The maximum atomic E-state index is 9.55. The van der Waals surface area contributed by atoms with E-state index in [4.69, 9.17) is 10.5 Å². The van der Waals surface area contributed by atoms with Crippen LogP contribution in [0, 0.1) is 0 Å². The van der Waals surface area contributed by atoms with Gasteiger partial charge in [-0.05, 0) is 18.4 Å². The molecule has 1 heterocycles. The van der Waals surface area contributed by atoms with Crippen molar-refractivity contribution in [2.75, 3.05) is 12.9 Å². The zero-order valence-corrected chi connectivity index (χ0v) is 8.10. The largest absolute Gasteiger partial charge is 0.507 e. The van der Waals surface area contributed by atoms with Gasteiger partial charge in [0.2, 0.25) is 0 Å². The van der Waals surface area contributed by atoms with Gasteiger partial charge in [-0.25, -0.2) is 0 Å². The van der Waals surface area contributed by atoms with Crippen molar-refractivity contribution in [2.45, 2.75) is 10.9 Å². The van der Waals surface area contributed by atoms with Crippen LogP contribution in [0.15, 0.2) is 17.0 Å². The van der Waals surface area contributed by atoms with E-state index in [9.17, 15) is 5.11 Å². The summed E-state index contributed by atoms with van der Waals surface area (Å²) in [6.07, 6.45) is 1.97. The average Bonchev–Trinajstić information content (AvgIpc) is 2.50. The highest BCUT2D eigenvalue weighted by molar-refractivity contribution is 7.98. The maximum Gasteiger partial charge on any atom is 0.141 e. The summed E-state index contributed by atoms with van der Waals surface area (Å²) in [6.45, 7) is 0.459. The van der Waals surface area contributed by atoms with Gasteiger partial charge in [-0.2, -0.15) is 0 Å². The monoisotopic (exact) mass is 197 g/mol. The molecular formula is C9H11NO2S. The minimum Gasteiger partial charge on any atom is -0.507 e. The Morgan fingerprint density at radius 1 is 1.62 bits per heavy atom. The first-order valence-electron chi connectivity index (χ1n) is 4.02. The van der Waals surface area contributed by atoms with Crippen molar-refractivity contribution in [1.29, 1.82) is 0 Å². The third-order valence-electron chi connectivity index (χ3n) is 2.13. The predicted molar refractivity (Wildman–Crippen MR) is 52.3 cm³/mol. The summed E-state index contributed by atoms with van der Waals surface area (Å²) in [7, 11) is 0. The Balaban J connectivity index is 2.59. The molecule has 1 aliphatic heterocycles. The van der Waals surface area contributed by atoms with Crippen LogP contribution in [-0.2, 0) is 0 Å². The number of fused-ring (bicyclic) bond motifs is 1. The number of nitrogens with two attached hydrogens (primary N) is 1. The minimum atomic E-state index is -0.193. The van der Waals surface area contributed by atoms with Crippen molar-refractivity contribution in [3.05, 3.63) is 17.7 Å². The van der Waals surface area contributed by atoms with Gasteiger partial charge in [-0.1, -0.05) is 0 Å². The molecule has 0 saturated carbocycles. The number of phenolic OH excluding ortho intramolecular Hbond substituents is 1. The number of ether oxygens (including phenoxy) is 1. The molecule has 70 valence electrons. The van der Waals surface area contributed by atoms with E-state index in [-0.39, 0.29) is 11.8 Å². The van der Waals surface area contributed by atoms with Crippen LogP contribution in [0.25, 0.3) is 0 Å². The Morgan fingerprint density at radius 3 is 3.08 bits per heavy atom. The molecule has 0 radical (unpaired) electrons.